The van der Waals surface area contributed by atoms with Gasteiger partial charge in [-0.3, -0.25) is 4.79 Å². The molecule has 0 aromatic carbocycles. The van der Waals surface area contributed by atoms with Crippen molar-refractivity contribution in [2.45, 2.75) is 13.0 Å². The number of nitrogens with one attached hydrogen (secondary N) is 1. The molecule has 0 saturated carbocycles. The van der Waals surface area contributed by atoms with Crippen LogP contribution >= 0.6 is 0 Å². The highest BCUT2D eigenvalue weighted by molar-refractivity contribution is 5.94. The topological polar surface area (TPSA) is 71.5 Å². The monoisotopic (exact) mass is 236 g/mol. The molecule has 0 spiro atoms. The molecule has 0 fully saturated rings. The SMILES string of the molecule is C=CCOC(C)CNC(=O)c1ncccc1O. The van der Waals surface area contributed by atoms with Crippen LogP contribution in [0.5, 0.6) is 5.75 Å². The van der Waals surface area contributed by atoms with Crippen molar-refractivity contribution in [3.05, 3.63) is 36.7 Å². The van der Waals surface area contributed by atoms with E-state index in [0.717, 1.165) is 0 Å². The van der Waals surface area contributed by atoms with Gasteiger partial charge in [-0.1, -0.05) is 6.08 Å². The molecule has 1 atom stereocenters. The third-order valence-electron chi connectivity index (χ3n) is 2.05. The molecule has 17 heavy (non-hydrogen) atoms. The Hall–Kier alpha value is -1.88. The van der Waals surface area contributed by atoms with E-state index >= 15 is 0 Å². The van der Waals surface area contributed by atoms with E-state index in [4.69, 9.17) is 4.74 Å². The van der Waals surface area contributed by atoms with Gasteiger partial charge >= 0.3 is 0 Å². The number of amides is 1. The highest BCUT2D eigenvalue weighted by Gasteiger charge is 2.12. The van der Waals surface area contributed by atoms with E-state index in [0.29, 0.717) is 13.2 Å². The summed E-state index contributed by atoms with van der Waals surface area (Å²) in [5, 5.41) is 12.0. The summed E-state index contributed by atoms with van der Waals surface area (Å²) >= 11 is 0. The maximum atomic E-state index is 11.6. The molecule has 5 nitrogen and oxygen atoms in total. The van der Waals surface area contributed by atoms with E-state index in [1.54, 1.807) is 12.1 Å². The summed E-state index contributed by atoms with van der Waals surface area (Å²) in [6.45, 7) is 6.15. The van der Waals surface area contributed by atoms with Crippen molar-refractivity contribution in [1.82, 2.24) is 10.3 Å². The minimum Gasteiger partial charge on any atom is -0.505 e. The van der Waals surface area contributed by atoms with Crippen molar-refractivity contribution >= 4 is 5.91 Å². The molecule has 1 rings (SSSR count). The van der Waals surface area contributed by atoms with Crippen molar-refractivity contribution in [3.8, 4) is 5.75 Å². The molecule has 0 aliphatic carbocycles. The number of carbonyl (C=O) groups is 1. The molecule has 0 bridgehead atoms. The number of aromatic nitrogens is 1. The smallest absolute Gasteiger partial charge is 0.273 e. The van der Waals surface area contributed by atoms with Gasteiger partial charge in [0.1, 0.15) is 5.75 Å². The molecule has 0 aliphatic heterocycles. The summed E-state index contributed by atoms with van der Waals surface area (Å²) in [4.78, 5) is 15.4. The number of hydrogen-bond donors (Lipinski definition) is 2. The third kappa shape index (κ3) is 4.24. The number of carbonyl (C=O) groups excluding carboxylic acids is 1. The van der Waals surface area contributed by atoms with Gasteiger partial charge in [-0.05, 0) is 19.1 Å². The molecule has 5 heteroatoms. The van der Waals surface area contributed by atoms with Gasteiger partial charge in [0.15, 0.2) is 5.69 Å². The highest BCUT2D eigenvalue weighted by Crippen LogP contribution is 2.11. The zero-order valence-electron chi connectivity index (χ0n) is 9.72. The molecule has 1 aromatic heterocycles. The third-order valence-corrected chi connectivity index (χ3v) is 2.05. The fraction of sp³-hybridized carbons (Fsp3) is 0.333. The quantitative estimate of drug-likeness (QED) is 0.726. The van der Waals surface area contributed by atoms with Crippen molar-refractivity contribution in [3.63, 3.8) is 0 Å². The summed E-state index contributed by atoms with van der Waals surface area (Å²) in [5.74, 6) is -0.554. The summed E-state index contributed by atoms with van der Waals surface area (Å²) in [5.41, 5.74) is 0.0171. The van der Waals surface area contributed by atoms with Crippen molar-refractivity contribution in [2.75, 3.05) is 13.2 Å². The van der Waals surface area contributed by atoms with Gasteiger partial charge in [0, 0.05) is 12.7 Å². The maximum Gasteiger partial charge on any atom is 0.273 e. The van der Waals surface area contributed by atoms with Gasteiger partial charge in [0.2, 0.25) is 0 Å². The molecule has 2 N–H and O–H groups in total. The van der Waals surface area contributed by atoms with E-state index in [1.807, 2.05) is 6.92 Å². The number of ether oxygens (including phenoxy) is 1. The number of aromatic hydroxyl groups is 1. The average Bonchev–Trinajstić information content (AvgIpc) is 2.34. The van der Waals surface area contributed by atoms with Crippen LogP contribution < -0.4 is 5.32 Å². The molecule has 0 saturated heterocycles. The maximum absolute atomic E-state index is 11.6. The van der Waals surface area contributed by atoms with Gasteiger partial charge in [-0.25, -0.2) is 4.98 Å². The Labute approximate surface area is 100 Å². The van der Waals surface area contributed by atoms with Crippen LogP contribution in [0.1, 0.15) is 17.4 Å². The molecule has 1 heterocycles. The van der Waals surface area contributed by atoms with Crippen LogP contribution in [0.2, 0.25) is 0 Å². The Bertz CT molecular complexity index is 393. The standard InChI is InChI=1S/C12H16N2O3/c1-3-7-17-9(2)8-14-12(16)11-10(15)5-4-6-13-11/h3-6,9,15H,1,7-8H2,2H3,(H,14,16). The first-order valence-electron chi connectivity index (χ1n) is 5.29. The van der Waals surface area contributed by atoms with Gasteiger partial charge < -0.3 is 15.2 Å². The Morgan fingerprint density at radius 1 is 1.76 bits per heavy atom. The minimum atomic E-state index is -0.419. The van der Waals surface area contributed by atoms with Crippen LogP contribution in [-0.2, 0) is 4.74 Å². The van der Waals surface area contributed by atoms with Gasteiger partial charge in [-0.2, -0.15) is 0 Å². The van der Waals surface area contributed by atoms with Gasteiger partial charge in [0.05, 0.1) is 12.7 Å². The van der Waals surface area contributed by atoms with Crippen LogP contribution in [0, 0.1) is 0 Å². The second-order valence-corrected chi connectivity index (χ2v) is 3.51. The number of pyridine rings is 1. The fourth-order valence-electron chi connectivity index (χ4n) is 1.18. The Morgan fingerprint density at radius 3 is 3.18 bits per heavy atom. The van der Waals surface area contributed by atoms with Crippen molar-refractivity contribution in [2.24, 2.45) is 0 Å². The molecule has 1 amide bonds. The summed E-state index contributed by atoms with van der Waals surface area (Å²) in [6.07, 6.45) is 2.97. The van der Waals surface area contributed by atoms with E-state index in [2.05, 4.69) is 16.9 Å². The molecule has 1 aromatic rings. The fourth-order valence-corrected chi connectivity index (χ4v) is 1.18. The lowest BCUT2D eigenvalue weighted by atomic mass is 10.3. The van der Waals surface area contributed by atoms with Crippen LogP contribution in [0.4, 0.5) is 0 Å². The first kappa shape index (κ1) is 13.2. The van der Waals surface area contributed by atoms with E-state index in [1.165, 1.54) is 12.3 Å². The summed E-state index contributed by atoms with van der Waals surface area (Å²) in [7, 11) is 0. The first-order chi connectivity index (χ1) is 8.15. The molecule has 0 aliphatic rings. The zero-order valence-corrected chi connectivity index (χ0v) is 9.72. The average molecular weight is 236 g/mol. The van der Waals surface area contributed by atoms with Crippen LogP contribution in [0.15, 0.2) is 31.0 Å². The number of rotatable bonds is 6. The predicted octanol–water partition coefficient (Wildman–Crippen LogP) is 1.11. The Kier molecular flexibility index (Phi) is 5.16. The number of nitrogens with zero attached hydrogens (tertiary/aromatic N) is 1. The lowest BCUT2D eigenvalue weighted by Crippen LogP contribution is -2.32. The molecule has 1 unspecified atom stereocenters. The van der Waals surface area contributed by atoms with Crippen LogP contribution in [0.25, 0.3) is 0 Å². The largest absolute Gasteiger partial charge is 0.505 e. The molecular formula is C12H16N2O3. The second kappa shape index (κ2) is 6.65. The zero-order chi connectivity index (χ0) is 12.7. The van der Waals surface area contributed by atoms with Gasteiger partial charge in [0.25, 0.3) is 5.91 Å². The molecule has 0 radical (unpaired) electrons. The molecule has 92 valence electrons. The number of hydrogen-bond acceptors (Lipinski definition) is 4. The summed E-state index contributed by atoms with van der Waals surface area (Å²) in [6, 6.07) is 2.97. The van der Waals surface area contributed by atoms with E-state index in [9.17, 15) is 9.90 Å². The van der Waals surface area contributed by atoms with Crippen molar-refractivity contribution in [1.29, 1.82) is 0 Å². The van der Waals surface area contributed by atoms with Gasteiger partial charge in [-0.15, -0.1) is 6.58 Å². The molecular weight excluding hydrogens is 220 g/mol. The second-order valence-electron chi connectivity index (χ2n) is 3.51. The predicted molar refractivity (Wildman–Crippen MR) is 63.8 cm³/mol. The van der Waals surface area contributed by atoms with Crippen LogP contribution in [0.3, 0.4) is 0 Å². The minimum absolute atomic E-state index is 0.0171. The first-order valence-corrected chi connectivity index (χ1v) is 5.29. The van der Waals surface area contributed by atoms with Crippen LogP contribution in [-0.4, -0.2) is 35.3 Å². The Morgan fingerprint density at radius 2 is 2.53 bits per heavy atom. The lowest BCUT2D eigenvalue weighted by Gasteiger charge is -2.12. The Balaban J connectivity index is 2.45. The van der Waals surface area contributed by atoms with E-state index < -0.39 is 5.91 Å². The highest BCUT2D eigenvalue weighted by atomic mass is 16.5. The summed E-state index contributed by atoms with van der Waals surface area (Å²) < 4.78 is 5.29. The normalized spacial score (nSPS) is 11.8. The lowest BCUT2D eigenvalue weighted by molar-refractivity contribution is 0.0765. The van der Waals surface area contributed by atoms with E-state index in [-0.39, 0.29) is 17.5 Å². The van der Waals surface area contributed by atoms with Crippen molar-refractivity contribution < 1.29 is 14.6 Å².